The summed E-state index contributed by atoms with van der Waals surface area (Å²) in [4.78, 5) is 13.2. The quantitative estimate of drug-likeness (QED) is 0.279. The van der Waals surface area contributed by atoms with E-state index in [2.05, 4.69) is 67.9 Å². The van der Waals surface area contributed by atoms with Gasteiger partial charge in [0.25, 0.3) is 5.89 Å². The fourth-order valence-electron chi connectivity index (χ4n) is 4.70. The number of aromatic nitrogens is 4. The Morgan fingerprint density at radius 2 is 1.76 bits per heavy atom. The van der Waals surface area contributed by atoms with Gasteiger partial charge in [0.05, 0.1) is 17.7 Å². The third-order valence-electron chi connectivity index (χ3n) is 6.69. The van der Waals surface area contributed by atoms with Crippen molar-refractivity contribution in [3.8, 4) is 17.4 Å². The molecule has 1 aliphatic heterocycles. The second kappa shape index (κ2) is 11.3. The van der Waals surface area contributed by atoms with Gasteiger partial charge in [0.1, 0.15) is 0 Å². The Balaban J connectivity index is 1.07. The molecule has 0 aliphatic carbocycles. The van der Waals surface area contributed by atoms with Gasteiger partial charge in [-0.25, -0.2) is 9.97 Å². The zero-order valence-corrected chi connectivity index (χ0v) is 21.3. The minimum absolute atomic E-state index is 0.0206. The molecule has 9 heteroatoms. The molecule has 1 N–H and O–H groups in total. The smallest absolute Gasteiger partial charge is 0.316 e. The summed E-state index contributed by atoms with van der Waals surface area (Å²) in [5.74, 6) is 0.916. The number of benzene rings is 3. The molecule has 38 heavy (non-hydrogen) atoms. The van der Waals surface area contributed by atoms with E-state index >= 15 is 0 Å². The standard InChI is InChI=1S/C29H26ClN5O3/c30-25-8-4-3-7-24(25)28-34-27(38-35-28)18-37-29-32-14-22(15-33-29)23-11-12-31-16-26(23)36-17-19-9-10-20-5-1-2-6-21(20)13-19/h1-10,13-15,23,26,31H,11-12,16-18H2. The predicted molar refractivity (Wildman–Crippen MR) is 144 cm³/mol. The minimum Gasteiger partial charge on any atom is -0.453 e. The van der Waals surface area contributed by atoms with Gasteiger partial charge in [-0.15, -0.1) is 0 Å². The molecule has 0 saturated carbocycles. The van der Waals surface area contributed by atoms with Crippen molar-refractivity contribution >= 4 is 22.4 Å². The van der Waals surface area contributed by atoms with Gasteiger partial charge in [0.2, 0.25) is 5.82 Å². The minimum atomic E-state index is 0.0206. The molecule has 192 valence electrons. The van der Waals surface area contributed by atoms with Gasteiger partial charge in [-0.2, -0.15) is 4.98 Å². The number of fused-ring (bicyclic) bond motifs is 1. The van der Waals surface area contributed by atoms with Crippen LogP contribution < -0.4 is 10.1 Å². The first-order chi connectivity index (χ1) is 18.7. The van der Waals surface area contributed by atoms with Crippen molar-refractivity contribution in [1.82, 2.24) is 25.4 Å². The highest BCUT2D eigenvalue weighted by Crippen LogP contribution is 2.29. The SMILES string of the molecule is Clc1ccccc1-c1noc(COc2ncc(C3CCNCC3OCc3ccc4ccccc4c3)cn2)n1. The van der Waals surface area contributed by atoms with Crippen LogP contribution in [-0.4, -0.2) is 39.3 Å². The maximum absolute atomic E-state index is 6.38. The fourth-order valence-corrected chi connectivity index (χ4v) is 4.92. The van der Waals surface area contributed by atoms with Crippen LogP contribution in [0.2, 0.25) is 5.02 Å². The molecule has 1 aliphatic rings. The molecule has 0 spiro atoms. The van der Waals surface area contributed by atoms with E-state index in [1.54, 1.807) is 6.07 Å². The summed E-state index contributed by atoms with van der Waals surface area (Å²) in [5, 5.41) is 10.4. The van der Waals surface area contributed by atoms with Crippen LogP contribution >= 0.6 is 11.6 Å². The second-order valence-corrected chi connectivity index (χ2v) is 9.62. The van der Waals surface area contributed by atoms with Crippen LogP contribution in [0, 0.1) is 0 Å². The van der Waals surface area contributed by atoms with E-state index in [-0.39, 0.29) is 24.6 Å². The van der Waals surface area contributed by atoms with Crippen LogP contribution in [0.25, 0.3) is 22.2 Å². The highest BCUT2D eigenvalue weighted by atomic mass is 35.5. The van der Waals surface area contributed by atoms with Crippen molar-refractivity contribution in [2.75, 3.05) is 13.1 Å². The summed E-state index contributed by atoms with van der Waals surface area (Å²) < 4.78 is 17.4. The summed E-state index contributed by atoms with van der Waals surface area (Å²) in [5.41, 5.74) is 2.89. The molecule has 6 rings (SSSR count). The van der Waals surface area contributed by atoms with Crippen molar-refractivity contribution in [2.24, 2.45) is 0 Å². The van der Waals surface area contributed by atoms with Crippen LogP contribution in [0.5, 0.6) is 6.01 Å². The molecule has 3 heterocycles. The predicted octanol–water partition coefficient (Wildman–Crippen LogP) is 5.57. The Labute approximate surface area is 225 Å². The highest BCUT2D eigenvalue weighted by molar-refractivity contribution is 6.33. The van der Waals surface area contributed by atoms with Crippen LogP contribution in [0.3, 0.4) is 0 Å². The zero-order chi connectivity index (χ0) is 25.7. The molecule has 1 saturated heterocycles. The lowest BCUT2D eigenvalue weighted by Crippen LogP contribution is -2.41. The molecule has 2 aromatic heterocycles. The molecular formula is C29H26ClN5O3. The first-order valence-electron chi connectivity index (χ1n) is 12.6. The summed E-state index contributed by atoms with van der Waals surface area (Å²) in [6.07, 6.45) is 4.59. The first-order valence-corrected chi connectivity index (χ1v) is 12.9. The van der Waals surface area contributed by atoms with Crippen molar-refractivity contribution < 1.29 is 14.0 Å². The average Bonchev–Trinajstić information content (AvgIpc) is 3.44. The van der Waals surface area contributed by atoms with Crippen molar-refractivity contribution in [2.45, 2.75) is 31.7 Å². The van der Waals surface area contributed by atoms with Gasteiger partial charge in [0, 0.05) is 30.4 Å². The molecule has 1 fully saturated rings. The summed E-state index contributed by atoms with van der Waals surface area (Å²) in [7, 11) is 0. The number of ether oxygens (including phenoxy) is 2. The van der Waals surface area contributed by atoms with Crippen molar-refractivity contribution in [1.29, 1.82) is 0 Å². The van der Waals surface area contributed by atoms with E-state index in [4.69, 9.17) is 25.6 Å². The van der Waals surface area contributed by atoms with Gasteiger partial charge in [-0.05, 0) is 53.1 Å². The third-order valence-corrected chi connectivity index (χ3v) is 7.02. The maximum Gasteiger partial charge on any atom is 0.316 e. The van der Waals surface area contributed by atoms with E-state index in [1.165, 1.54) is 10.8 Å². The first kappa shape index (κ1) is 24.5. The van der Waals surface area contributed by atoms with Gasteiger partial charge in [-0.1, -0.05) is 65.3 Å². The maximum atomic E-state index is 6.38. The number of hydrogen-bond acceptors (Lipinski definition) is 8. The van der Waals surface area contributed by atoms with Gasteiger partial charge >= 0.3 is 6.01 Å². The highest BCUT2D eigenvalue weighted by Gasteiger charge is 2.28. The molecule has 2 unspecified atom stereocenters. The molecule has 0 amide bonds. The lowest BCUT2D eigenvalue weighted by atomic mass is 9.89. The molecule has 0 bridgehead atoms. The van der Waals surface area contributed by atoms with Gasteiger partial charge < -0.3 is 19.3 Å². The molecule has 5 aromatic rings. The van der Waals surface area contributed by atoms with Crippen molar-refractivity contribution in [3.05, 3.63) is 101 Å². The Morgan fingerprint density at radius 3 is 2.63 bits per heavy atom. The average molecular weight is 528 g/mol. The molecule has 0 radical (unpaired) electrons. The van der Waals surface area contributed by atoms with Gasteiger partial charge in [-0.3, -0.25) is 0 Å². The van der Waals surface area contributed by atoms with Crippen LogP contribution in [0.4, 0.5) is 0 Å². The Kier molecular flexibility index (Phi) is 7.26. The Morgan fingerprint density at radius 1 is 0.947 bits per heavy atom. The van der Waals surface area contributed by atoms with Gasteiger partial charge in [0.15, 0.2) is 6.61 Å². The van der Waals surface area contributed by atoms with Crippen LogP contribution in [0.15, 0.2) is 83.6 Å². The fraction of sp³-hybridized carbons (Fsp3) is 0.241. The number of halogens is 1. The number of nitrogens with zero attached hydrogens (tertiary/aromatic N) is 4. The molecule has 8 nitrogen and oxygen atoms in total. The number of rotatable bonds is 8. The second-order valence-electron chi connectivity index (χ2n) is 9.21. The van der Waals surface area contributed by atoms with E-state index in [0.29, 0.717) is 28.9 Å². The molecule has 3 aromatic carbocycles. The summed E-state index contributed by atoms with van der Waals surface area (Å²) in [6.45, 7) is 2.31. The van der Waals surface area contributed by atoms with Crippen LogP contribution in [0.1, 0.15) is 29.4 Å². The van der Waals surface area contributed by atoms with E-state index in [1.807, 2.05) is 30.6 Å². The normalized spacial score (nSPS) is 17.5. The Hall–Kier alpha value is -3.85. The zero-order valence-electron chi connectivity index (χ0n) is 20.6. The number of nitrogens with one attached hydrogen (secondary N) is 1. The van der Waals surface area contributed by atoms with E-state index in [9.17, 15) is 0 Å². The van der Waals surface area contributed by atoms with E-state index in [0.717, 1.165) is 30.6 Å². The lowest BCUT2D eigenvalue weighted by Gasteiger charge is -2.32. The lowest BCUT2D eigenvalue weighted by molar-refractivity contribution is 0.0105. The third kappa shape index (κ3) is 5.52. The Bertz CT molecular complexity index is 1520. The molecule has 2 atom stereocenters. The largest absolute Gasteiger partial charge is 0.453 e. The number of piperidine rings is 1. The molecular weight excluding hydrogens is 502 g/mol. The summed E-state index contributed by atoms with van der Waals surface area (Å²) >= 11 is 6.22. The van der Waals surface area contributed by atoms with E-state index < -0.39 is 0 Å². The number of hydrogen-bond donors (Lipinski definition) is 1. The topological polar surface area (TPSA) is 95.2 Å². The van der Waals surface area contributed by atoms with Crippen molar-refractivity contribution in [3.63, 3.8) is 0 Å². The van der Waals surface area contributed by atoms with Crippen LogP contribution in [-0.2, 0) is 18.0 Å². The summed E-state index contributed by atoms with van der Waals surface area (Å²) in [6, 6.07) is 22.4. The monoisotopic (exact) mass is 527 g/mol.